The molecule has 39 heavy (non-hydrogen) atoms. The van der Waals surface area contributed by atoms with Gasteiger partial charge in [-0.1, -0.05) is 24.3 Å². The van der Waals surface area contributed by atoms with Crippen LogP contribution in [0, 0.1) is 0 Å². The molecule has 3 N–H and O–H groups in total. The number of alkyl halides is 3. The molecule has 0 fully saturated rings. The zero-order valence-corrected chi connectivity index (χ0v) is 20.5. The van der Waals surface area contributed by atoms with E-state index in [9.17, 15) is 33.0 Å². The molecule has 0 amide bonds. The fourth-order valence-electron chi connectivity index (χ4n) is 3.88. The highest BCUT2D eigenvalue weighted by atomic mass is 32.1. The van der Waals surface area contributed by atoms with Crippen LogP contribution in [-0.4, -0.2) is 26.0 Å². The second-order valence-corrected chi connectivity index (χ2v) is 9.07. The number of rotatable bonds is 6. The number of nitrogens with one attached hydrogen (secondary N) is 1. The maximum atomic E-state index is 13.3. The number of nitrogens with zero attached hydrogens (tertiary/aromatic N) is 3. The van der Waals surface area contributed by atoms with Gasteiger partial charge in [-0.25, -0.2) is 9.48 Å². The Bertz CT molecular complexity index is 1760. The number of carboxylic acids is 1. The number of phenols is 1. The van der Waals surface area contributed by atoms with Gasteiger partial charge in [-0.3, -0.25) is 9.89 Å². The van der Waals surface area contributed by atoms with Crippen LogP contribution in [0.1, 0.15) is 15.9 Å². The Labute approximate surface area is 221 Å². The summed E-state index contributed by atoms with van der Waals surface area (Å²) in [5.74, 6) is -1.40. The van der Waals surface area contributed by atoms with Crippen LogP contribution in [0.15, 0.2) is 98.6 Å². The fourth-order valence-corrected chi connectivity index (χ4v) is 4.53. The Balaban J connectivity index is 1.57. The molecule has 8 nitrogen and oxygen atoms in total. The van der Waals surface area contributed by atoms with Crippen LogP contribution in [0.4, 0.5) is 24.5 Å². The number of azo groups is 1. The molecule has 0 aliphatic carbocycles. The van der Waals surface area contributed by atoms with Gasteiger partial charge in [0.1, 0.15) is 5.69 Å². The van der Waals surface area contributed by atoms with Crippen molar-refractivity contribution in [2.24, 2.45) is 10.2 Å². The highest BCUT2D eigenvalue weighted by Gasteiger charge is 2.30. The number of aromatic amines is 1. The molecule has 0 atom stereocenters. The minimum Gasteiger partial charge on any atom is -0.505 e. The normalized spacial score (nSPS) is 11.8. The van der Waals surface area contributed by atoms with Gasteiger partial charge in [-0.2, -0.15) is 24.5 Å². The number of H-pyrrole nitrogens is 1. The molecule has 0 spiro atoms. The first kappa shape index (κ1) is 25.7. The second-order valence-electron chi connectivity index (χ2n) is 8.29. The van der Waals surface area contributed by atoms with E-state index in [1.165, 1.54) is 41.7 Å². The molecule has 0 saturated heterocycles. The predicted molar refractivity (Wildman–Crippen MR) is 139 cm³/mol. The SMILES string of the molecule is O=C(O)c1cccc(-c2cccc(N=Nc3c(-c4ccsc4)[nH]n(-c4ccc(C(F)(F)F)cc4)c3=O)c2O)c1. The molecular weight excluding hydrogens is 533 g/mol. The maximum Gasteiger partial charge on any atom is 0.416 e. The van der Waals surface area contributed by atoms with Gasteiger partial charge >= 0.3 is 12.1 Å². The summed E-state index contributed by atoms with van der Waals surface area (Å²) in [4.78, 5) is 24.6. The highest BCUT2D eigenvalue weighted by Crippen LogP contribution is 2.39. The van der Waals surface area contributed by atoms with Crippen molar-refractivity contribution in [3.05, 3.63) is 105 Å². The van der Waals surface area contributed by atoms with Crippen LogP contribution in [0.5, 0.6) is 5.75 Å². The molecule has 5 aromatic rings. The molecule has 0 radical (unpaired) electrons. The smallest absolute Gasteiger partial charge is 0.416 e. The van der Waals surface area contributed by atoms with Crippen LogP contribution in [-0.2, 0) is 6.18 Å². The standard InChI is InChI=1S/C27H17F3N4O4S/c28-27(29,30)18-7-9-19(10-8-18)34-25(36)23(22(33-34)17-11-12-39-14-17)32-31-21-6-2-5-20(24(21)35)15-3-1-4-16(13-15)26(37)38/h1-14,33,35H,(H,37,38). The Hall–Kier alpha value is -4.97. The number of para-hydroxylation sites is 1. The third-order valence-electron chi connectivity index (χ3n) is 5.82. The number of hydrogen-bond donors (Lipinski definition) is 3. The Kier molecular flexibility index (Phi) is 6.62. The van der Waals surface area contributed by atoms with Crippen LogP contribution >= 0.6 is 11.3 Å². The van der Waals surface area contributed by atoms with Gasteiger partial charge in [0.15, 0.2) is 11.4 Å². The first-order chi connectivity index (χ1) is 18.6. The summed E-state index contributed by atoms with van der Waals surface area (Å²) in [6.07, 6.45) is -4.52. The number of halogens is 3. The largest absolute Gasteiger partial charge is 0.505 e. The lowest BCUT2D eigenvalue weighted by Gasteiger charge is -2.07. The van der Waals surface area contributed by atoms with Gasteiger partial charge in [-0.15, -0.1) is 10.2 Å². The van der Waals surface area contributed by atoms with Gasteiger partial charge in [0.05, 0.1) is 22.5 Å². The Morgan fingerprint density at radius 1 is 0.949 bits per heavy atom. The van der Waals surface area contributed by atoms with Gasteiger partial charge in [0.2, 0.25) is 0 Å². The van der Waals surface area contributed by atoms with Crippen molar-refractivity contribution in [3.63, 3.8) is 0 Å². The van der Waals surface area contributed by atoms with Gasteiger partial charge in [0, 0.05) is 16.5 Å². The Morgan fingerprint density at radius 3 is 2.36 bits per heavy atom. The molecule has 0 aliphatic heterocycles. The number of carbonyl (C=O) groups is 1. The monoisotopic (exact) mass is 550 g/mol. The number of thiophene rings is 1. The highest BCUT2D eigenvalue weighted by molar-refractivity contribution is 7.08. The van der Waals surface area contributed by atoms with Crippen molar-refractivity contribution in [2.75, 3.05) is 0 Å². The molecule has 12 heteroatoms. The summed E-state index contributed by atoms with van der Waals surface area (Å²) in [5, 5.41) is 34.8. The second kappa shape index (κ2) is 10.1. The average molecular weight is 551 g/mol. The number of aromatic hydroxyl groups is 1. The van der Waals surface area contributed by atoms with E-state index in [-0.39, 0.29) is 34.1 Å². The number of phenolic OH excluding ortho intramolecular Hbond substituents is 1. The van der Waals surface area contributed by atoms with Crippen LogP contribution < -0.4 is 5.56 Å². The maximum absolute atomic E-state index is 13.3. The first-order valence-electron chi connectivity index (χ1n) is 11.3. The van der Waals surface area contributed by atoms with Crippen LogP contribution in [0.25, 0.3) is 28.1 Å². The van der Waals surface area contributed by atoms with E-state index in [0.717, 1.165) is 16.8 Å². The van der Waals surface area contributed by atoms with E-state index in [1.54, 1.807) is 41.1 Å². The minimum atomic E-state index is -4.52. The van der Waals surface area contributed by atoms with Crippen molar-refractivity contribution in [2.45, 2.75) is 6.18 Å². The van der Waals surface area contributed by atoms with Crippen LogP contribution in [0.3, 0.4) is 0 Å². The van der Waals surface area contributed by atoms with Gasteiger partial charge in [-0.05, 0) is 59.5 Å². The van der Waals surface area contributed by atoms with Crippen molar-refractivity contribution >= 4 is 28.7 Å². The topological polar surface area (TPSA) is 120 Å². The molecular formula is C27H17F3N4O4S. The average Bonchev–Trinajstić information content (AvgIpc) is 3.56. The first-order valence-corrected chi connectivity index (χ1v) is 12.2. The zero-order chi connectivity index (χ0) is 27.7. The molecule has 0 aliphatic rings. The lowest BCUT2D eigenvalue weighted by atomic mass is 10.0. The summed E-state index contributed by atoms with van der Waals surface area (Å²) >= 11 is 1.37. The number of aromatic carboxylic acids is 1. The van der Waals surface area contributed by atoms with Crippen LogP contribution in [0.2, 0.25) is 0 Å². The molecule has 0 bridgehead atoms. The predicted octanol–water partition coefficient (Wildman–Crippen LogP) is 7.40. The van der Waals surface area contributed by atoms with Crippen molar-refractivity contribution in [1.29, 1.82) is 0 Å². The summed E-state index contributed by atoms with van der Waals surface area (Å²) in [7, 11) is 0. The van der Waals surface area contributed by atoms with E-state index < -0.39 is 23.3 Å². The number of carboxylic acid groups (broad SMARTS) is 1. The lowest BCUT2D eigenvalue weighted by Crippen LogP contribution is -2.14. The van der Waals surface area contributed by atoms with Crippen molar-refractivity contribution in [1.82, 2.24) is 9.78 Å². The third kappa shape index (κ3) is 5.09. The molecule has 0 unspecified atom stereocenters. The van der Waals surface area contributed by atoms with E-state index in [1.807, 2.05) is 0 Å². The van der Waals surface area contributed by atoms with Crippen molar-refractivity contribution < 1.29 is 28.2 Å². The van der Waals surface area contributed by atoms with E-state index in [0.29, 0.717) is 16.7 Å². The Morgan fingerprint density at radius 2 is 1.69 bits per heavy atom. The van der Waals surface area contributed by atoms with E-state index in [4.69, 9.17) is 0 Å². The molecule has 5 rings (SSSR count). The zero-order valence-electron chi connectivity index (χ0n) is 19.7. The fraction of sp³-hybridized carbons (Fsp3) is 0.0370. The van der Waals surface area contributed by atoms with E-state index >= 15 is 0 Å². The summed E-state index contributed by atoms with van der Waals surface area (Å²) in [5.41, 5.74) is 0.229. The van der Waals surface area contributed by atoms with E-state index in [2.05, 4.69) is 15.3 Å². The molecule has 3 aromatic carbocycles. The quantitative estimate of drug-likeness (QED) is 0.191. The molecule has 2 aromatic heterocycles. The molecule has 2 heterocycles. The third-order valence-corrected chi connectivity index (χ3v) is 6.50. The summed E-state index contributed by atoms with van der Waals surface area (Å²) in [6.45, 7) is 0. The van der Waals surface area contributed by atoms with Gasteiger partial charge in [0.25, 0.3) is 5.56 Å². The minimum absolute atomic E-state index is 0.0196. The summed E-state index contributed by atoms with van der Waals surface area (Å²) < 4.78 is 40.0. The molecule has 0 saturated carbocycles. The number of aromatic nitrogens is 2. The molecule has 196 valence electrons. The lowest BCUT2D eigenvalue weighted by molar-refractivity contribution is -0.137. The number of hydrogen-bond acceptors (Lipinski definition) is 6. The number of benzene rings is 3. The van der Waals surface area contributed by atoms with Crippen molar-refractivity contribution in [3.8, 4) is 33.8 Å². The van der Waals surface area contributed by atoms with Gasteiger partial charge < -0.3 is 10.2 Å². The summed E-state index contributed by atoms with van der Waals surface area (Å²) in [6, 6.07) is 16.5.